The Bertz CT molecular complexity index is 516. The highest BCUT2D eigenvalue weighted by Crippen LogP contribution is 2.34. The molecule has 2 atom stereocenters. The van der Waals surface area contributed by atoms with Crippen LogP contribution in [0.2, 0.25) is 0 Å². The molecule has 1 aliphatic heterocycles. The van der Waals surface area contributed by atoms with Crippen molar-refractivity contribution in [2.45, 2.75) is 46.6 Å². The van der Waals surface area contributed by atoms with Gasteiger partial charge in [-0.3, -0.25) is 4.79 Å². The second-order valence-electron chi connectivity index (χ2n) is 7.13. The highest BCUT2D eigenvalue weighted by Gasteiger charge is 2.26. The third-order valence-electron chi connectivity index (χ3n) is 4.69. The number of fused-ring (bicyclic) bond motifs is 1. The number of nitrogens with two attached hydrogens (primary N) is 1. The summed E-state index contributed by atoms with van der Waals surface area (Å²) in [6.07, 6.45) is 1.47. The maximum Gasteiger partial charge on any atom is 0.231 e. The smallest absolute Gasteiger partial charge is 0.231 e. The molecule has 1 aromatic carbocycles. The second kappa shape index (κ2) is 5.21. The molecule has 3 nitrogen and oxygen atoms in total. The van der Waals surface area contributed by atoms with Gasteiger partial charge in [-0.1, -0.05) is 39.8 Å². The first-order valence-electron chi connectivity index (χ1n) is 7.35. The largest absolute Gasteiger partial charge is 0.324 e. The fraction of sp³-hybridized carbons (Fsp3) is 0.588. The summed E-state index contributed by atoms with van der Waals surface area (Å²) in [5.74, 6) is 0.712. The Kier molecular flexibility index (Phi) is 3.92. The van der Waals surface area contributed by atoms with Gasteiger partial charge in [0.2, 0.25) is 5.91 Å². The highest BCUT2D eigenvalue weighted by atomic mass is 16.2. The summed E-state index contributed by atoms with van der Waals surface area (Å²) < 4.78 is 0. The zero-order valence-corrected chi connectivity index (χ0v) is 13.2. The molecule has 2 unspecified atom stereocenters. The predicted molar refractivity (Wildman–Crippen MR) is 83.7 cm³/mol. The maximum atomic E-state index is 11.7. The third kappa shape index (κ3) is 2.88. The minimum absolute atomic E-state index is 0.0375. The van der Waals surface area contributed by atoms with E-state index in [1.165, 1.54) is 0 Å². The molecule has 0 aliphatic carbocycles. The summed E-state index contributed by atoms with van der Waals surface area (Å²) in [4.78, 5) is 13.4. The molecule has 0 aromatic heterocycles. The quantitative estimate of drug-likeness (QED) is 0.919. The monoisotopic (exact) mass is 274 g/mol. The number of carbonyl (C=O) groups is 1. The van der Waals surface area contributed by atoms with Crippen LogP contribution in [0.25, 0.3) is 0 Å². The van der Waals surface area contributed by atoms with Gasteiger partial charge in [0.15, 0.2) is 0 Å². The van der Waals surface area contributed by atoms with E-state index in [1.807, 2.05) is 13.1 Å². The molecule has 0 bridgehead atoms. The molecule has 2 N–H and O–H groups in total. The van der Waals surface area contributed by atoms with Gasteiger partial charge in [-0.2, -0.15) is 0 Å². The van der Waals surface area contributed by atoms with Gasteiger partial charge in [0.05, 0.1) is 6.42 Å². The van der Waals surface area contributed by atoms with E-state index in [0.717, 1.165) is 23.2 Å². The first-order chi connectivity index (χ1) is 9.20. The van der Waals surface area contributed by atoms with Crippen LogP contribution in [-0.2, 0) is 11.2 Å². The van der Waals surface area contributed by atoms with Crippen LogP contribution >= 0.6 is 0 Å². The zero-order chi connectivity index (χ0) is 15.1. The number of hydrogen-bond donors (Lipinski definition) is 1. The van der Waals surface area contributed by atoms with Crippen molar-refractivity contribution in [2.24, 2.45) is 17.1 Å². The fourth-order valence-electron chi connectivity index (χ4n) is 2.59. The Morgan fingerprint density at radius 2 is 2.00 bits per heavy atom. The van der Waals surface area contributed by atoms with E-state index in [1.54, 1.807) is 4.90 Å². The Labute approximate surface area is 122 Å². The van der Waals surface area contributed by atoms with Crippen molar-refractivity contribution in [3.63, 3.8) is 0 Å². The molecule has 1 aliphatic rings. The van der Waals surface area contributed by atoms with Crippen LogP contribution in [0.1, 0.15) is 51.3 Å². The van der Waals surface area contributed by atoms with Gasteiger partial charge in [-0.15, -0.1) is 0 Å². The van der Waals surface area contributed by atoms with E-state index in [4.69, 9.17) is 5.73 Å². The lowest BCUT2D eigenvalue weighted by Gasteiger charge is -2.29. The van der Waals surface area contributed by atoms with Gasteiger partial charge >= 0.3 is 0 Å². The van der Waals surface area contributed by atoms with E-state index in [9.17, 15) is 4.79 Å². The molecule has 0 saturated heterocycles. The van der Waals surface area contributed by atoms with Crippen molar-refractivity contribution in [1.29, 1.82) is 0 Å². The lowest BCUT2D eigenvalue weighted by atomic mass is 9.77. The zero-order valence-electron chi connectivity index (χ0n) is 13.2. The van der Waals surface area contributed by atoms with Crippen LogP contribution < -0.4 is 10.6 Å². The number of amides is 1. The topological polar surface area (TPSA) is 46.3 Å². The molecule has 0 fully saturated rings. The highest BCUT2D eigenvalue weighted by molar-refractivity contribution is 6.00. The standard InChI is InChI=1S/C17H26N2O/c1-11(17(2,3)4)8-14(18)12-6-7-15-13(9-12)10-16(20)19(15)5/h6-7,9,11,14H,8,10,18H2,1-5H3. The Morgan fingerprint density at radius 1 is 1.35 bits per heavy atom. The molecule has 110 valence electrons. The van der Waals surface area contributed by atoms with Gasteiger partial charge in [0.25, 0.3) is 0 Å². The predicted octanol–water partition coefficient (Wildman–Crippen LogP) is 3.28. The van der Waals surface area contributed by atoms with E-state index >= 15 is 0 Å². The maximum absolute atomic E-state index is 11.7. The summed E-state index contributed by atoms with van der Waals surface area (Å²) >= 11 is 0. The lowest BCUT2D eigenvalue weighted by molar-refractivity contribution is -0.117. The Balaban J connectivity index is 2.15. The summed E-state index contributed by atoms with van der Waals surface area (Å²) in [5.41, 5.74) is 9.90. The SMILES string of the molecule is CC(CC(N)c1ccc2c(c1)CC(=O)N2C)C(C)(C)C. The summed E-state index contributed by atoms with van der Waals surface area (Å²) in [7, 11) is 1.83. The Hall–Kier alpha value is -1.35. The van der Waals surface area contributed by atoms with Crippen LogP contribution in [0.3, 0.4) is 0 Å². The van der Waals surface area contributed by atoms with Crippen molar-refractivity contribution in [1.82, 2.24) is 0 Å². The molecular weight excluding hydrogens is 248 g/mol. The molecule has 1 amide bonds. The normalized spacial score (nSPS) is 18.1. The third-order valence-corrected chi connectivity index (χ3v) is 4.69. The molecular formula is C17H26N2O. The minimum Gasteiger partial charge on any atom is -0.324 e. The van der Waals surface area contributed by atoms with Crippen molar-refractivity contribution >= 4 is 11.6 Å². The number of benzene rings is 1. The second-order valence-corrected chi connectivity index (χ2v) is 7.13. The van der Waals surface area contributed by atoms with Crippen molar-refractivity contribution in [3.05, 3.63) is 29.3 Å². The van der Waals surface area contributed by atoms with Crippen LogP contribution in [0, 0.1) is 11.3 Å². The van der Waals surface area contributed by atoms with Gasteiger partial charge in [-0.25, -0.2) is 0 Å². The van der Waals surface area contributed by atoms with Gasteiger partial charge < -0.3 is 10.6 Å². The molecule has 0 spiro atoms. The lowest BCUT2D eigenvalue weighted by Crippen LogP contribution is -2.23. The van der Waals surface area contributed by atoms with E-state index in [-0.39, 0.29) is 17.4 Å². The van der Waals surface area contributed by atoms with Crippen LogP contribution in [0.15, 0.2) is 18.2 Å². The number of carbonyl (C=O) groups excluding carboxylic acids is 1. The molecule has 20 heavy (non-hydrogen) atoms. The number of hydrogen-bond acceptors (Lipinski definition) is 2. The summed E-state index contributed by atoms with van der Waals surface area (Å²) in [6.45, 7) is 9.01. The van der Waals surface area contributed by atoms with Gasteiger partial charge in [-0.05, 0) is 34.9 Å². The van der Waals surface area contributed by atoms with E-state index < -0.39 is 0 Å². The summed E-state index contributed by atoms with van der Waals surface area (Å²) in [5, 5.41) is 0. The van der Waals surface area contributed by atoms with Crippen LogP contribution in [0.4, 0.5) is 5.69 Å². The molecule has 3 heteroatoms. The molecule has 2 rings (SSSR count). The number of rotatable bonds is 3. The molecule has 1 heterocycles. The van der Waals surface area contributed by atoms with E-state index in [0.29, 0.717) is 12.3 Å². The fourth-order valence-corrected chi connectivity index (χ4v) is 2.59. The van der Waals surface area contributed by atoms with Crippen LogP contribution in [0.5, 0.6) is 0 Å². The summed E-state index contributed by atoms with van der Waals surface area (Å²) in [6, 6.07) is 6.23. The van der Waals surface area contributed by atoms with Crippen molar-refractivity contribution < 1.29 is 4.79 Å². The van der Waals surface area contributed by atoms with E-state index in [2.05, 4.69) is 39.8 Å². The van der Waals surface area contributed by atoms with Gasteiger partial charge in [0.1, 0.15) is 0 Å². The number of nitrogens with zero attached hydrogens (tertiary/aromatic N) is 1. The van der Waals surface area contributed by atoms with Crippen molar-refractivity contribution in [2.75, 3.05) is 11.9 Å². The minimum atomic E-state index is 0.0375. The number of likely N-dealkylation sites (N-methyl/N-ethyl adjacent to an activating group) is 1. The average molecular weight is 274 g/mol. The molecule has 0 saturated carbocycles. The molecule has 0 radical (unpaired) electrons. The number of anilines is 1. The van der Waals surface area contributed by atoms with Gasteiger partial charge in [0, 0.05) is 18.8 Å². The average Bonchev–Trinajstić information content (AvgIpc) is 2.63. The molecule has 1 aromatic rings. The van der Waals surface area contributed by atoms with Crippen molar-refractivity contribution in [3.8, 4) is 0 Å². The first kappa shape index (κ1) is 15.0. The Morgan fingerprint density at radius 3 is 2.60 bits per heavy atom. The first-order valence-corrected chi connectivity index (χ1v) is 7.35. The van der Waals surface area contributed by atoms with Crippen LogP contribution in [-0.4, -0.2) is 13.0 Å².